The summed E-state index contributed by atoms with van der Waals surface area (Å²) >= 11 is 0. The molecule has 0 bridgehead atoms. The van der Waals surface area contributed by atoms with Crippen molar-refractivity contribution in [2.45, 2.75) is 89.9 Å². The smallest absolute Gasteiger partial charge is 0.330 e. The number of amides is 2. The van der Waals surface area contributed by atoms with E-state index in [0.717, 1.165) is 34.1 Å². The SMILES string of the molecule is CCCN(CCC)P(OCCC#N)O[C@H]1C[C@H](n2cc(CCC(=O)NCCNC(=O)Cn3cc(C)c(=O)[nH]c3=O)c(=O)[nH]c2=O)O[C@@H]1COC(c1ccccc1)(c1ccc(OC)cc1)c1ccc(OC)cc1. The van der Waals surface area contributed by atoms with Crippen LogP contribution in [0.3, 0.4) is 0 Å². The number of nitrogens with zero attached hydrogens (tertiary/aromatic N) is 4. The molecule has 4 N–H and O–H groups in total. The average Bonchev–Trinajstić information content (AvgIpc) is 3.78. The Kier molecular flexibility index (Phi) is 20.2. The third kappa shape index (κ3) is 14.0. The molecule has 3 aromatic carbocycles. The van der Waals surface area contributed by atoms with Gasteiger partial charge >= 0.3 is 11.4 Å². The summed E-state index contributed by atoms with van der Waals surface area (Å²) in [6, 6.07) is 27.2. The number of methoxy groups -OCH3 is 2. The van der Waals surface area contributed by atoms with Gasteiger partial charge in [0.25, 0.3) is 19.6 Å². The summed E-state index contributed by atoms with van der Waals surface area (Å²) in [7, 11) is 1.47. The van der Waals surface area contributed by atoms with Crippen molar-refractivity contribution in [3.8, 4) is 17.6 Å². The number of rotatable bonds is 27. The lowest BCUT2D eigenvalue weighted by Crippen LogP contribution is -2.39. The monoisotopic (exact) mass is 1010 g/mol. The first kappa shape index (κ1) is 54.6. The first-order valence-corrected chi connectivity index (χ1v) is 25.0. The van der Waals surface area contributed by atoms with E-state index in [4.69, 9.17) is 28.0 Å². The van der Waals surface area contributed by atoms with Gasteiger partial charge in [0.2, 0.25) is 11.8 Å². The van der Waals surface area contributed by atoms with Gasteiger partial charge < -0.3 is 38.6 Å². The van der Waals surface area contributed by atoms with E-state index in [1.807, 2.05) is 78.9 Å². The third-order valence-electron chi connectivity index (χ3n) is 11.9. The standard InChI is InChI=1S/C51H63N8O12P/c1-6-27-58(28-7-2)72(69-29-11-24-52)71-42-30-46(59-32-36(48(63)56-50(59)65)14-23-44(60)53-25-26-54-45(61)33-57-31-35(3)47(62)55-49(57)64)70-43(42)34-68-51(37-12-9-8-10-13-37,38-15-19-40(66-4)20-16-38)39-17-21-41(67-5)22-18-39/h8-10,12-13,15-22,31-32,42-43,46H,6-7,11,14,23,25-30,33-34H2,1-5H3,(H,53,60)(H,54,61)(H,55,62,64)(H,56,63,65)/t42-,43+,46+,72?/m0/s1. The van der Waals surface area contributed by atoms with E-state index in [9.17, 15) is 34.0 Å². The van der Waals surface area contributed by atoms with Gasteiger partial charge in [-0.2, -0.15) is 5.26 Å². The lowest BCUT2D eigenvalue weighted by molar-refractivity contribution is -0.123. The number of aryl methyl sites for hydroxylation is 2. The Morgan fingerprint density at radius 3 is 2.03 bits per heavy atom. The molecule has 2 aromatic heterocycles. The second-order valence-corrected chi connectivity index (χ2v) is 18.5. The highest BCUT2D eigenvalue weighted by Gasteiger charge is 2.45. The lowest BCUT2D eigenvalue weighted by Gasteiger charge is -2.37. The van der Waals surface area contributed by atoms with Crippen LogP contribution in [-0.2, 0) is 46.7 Å². The van der Waals surface area contributed by atoms with Gasteiger partial charge in [0.05, 0.1) is 46.0 Å². The topological polar surface area (TPSA) is 250 Å². The third-order valence-corrected chi connectivity index (χ3v) is 13.6. The number of hydrogen-bond acceptors (Lipinski definition) is 14. The molecular formula is C51H63N8O12P. The summed E-state index contributed by atoms with van der Waals surface area (Å²) in [4.78, 5) is 80.6. The van der Waals surface area contributed by atoms with Crippen molar-refractivity contribution in [2.75, 3.05) is 53.6 Å². The van der Waals surface area contributed by atoms with E-state index in [1.165, 1.54) is 23.9 Å². The molecule has 5 aromatic rings. The zero-order valence-corrected chi connectivity index (χ0v) is 42.1. The quantitative estimate of drug-likeness (QED) is 0.0321. The van der Waals surface area contributed by atoms with Crippen molar-refractivity contribution in [2.24, 2.45) is 0 Å². The fourth-order valence-electron chi connectivity index (χ4n) is 8.27. The minimum Gasteiger partial charge on any atom is -0.497 e. The molecule has 20 nitrogen and oxygen atoms in total. The number of ether oxygens (including phenoxy) is 4. The van der Waals surface area contributed by atoms with Gasteiger partial charge in [-0.15, -0.1) is 0 Å². The minimum absolute atomic E-state index is 0.0359. The summed E-state index contributed by atoms with van der Waals surface area (Å²) < 4.78 is 42.9. The van der Waals surface area contributed by atoms with Crippen LogP contribution < -0.4 is 42.6 Å². The molecule has 1 aliphatic heterocycles. The van der Waals surface area contributed by atoms with E-state index in [0.29, 0.717) is 24.6 Å². The zero-order chi connectivity index (χ0) is 51.6. The van der Waals surface area contributed by atoms with Gasteiger partial charge in [-0.3, -0.25) is 38.3 Å². The molecule has 0 aliphatic carbocycles. The van der Waals surface area contributed by atoms with Crippen LogP contribution in [0, 0.1) is 18.3 Å². The highest BCUT2D eigenvalue weighted by Crippen LogP contribution is 2.49. The Labute approximate surface area is 418 Å². The van der Waals surface area contributed by atoms with E-state index >= 15 is 0 Å². The maximum absolute atomic E-state index is 13.7. The van der Waals surface area contributed by atoms with E-state index in [1.54, 1.807) is 14.2 Å². The highest BCUT2D eigenvalue weighted by atomic mass is 31.2. The second-order valence-electron chi connectivity index (χ2n) is 17.0. The molecule has 6 rings (SSSR count). The first-order valence-electron chi connectivity index (χ1n) is 23.9. The van der Waals surface area contributed by atoms with Crippen LogP contribution in [0.25, 0.3) is 0 Å². The number of hydrogen-bond donors (Lipinski definition) is 4. The Morgan fingerprint density at radius 2 is 1.43 bits per heavy atom. The van der Waals surface area contributed by atoms with E-state index < -0.39 is 66.9 Å². The van der Waals surface area contributed by atoms with Crippen molar-refractivity contribution in [1.82, 2.24) is 34.4 Å². The maximum Gasteiger partial charge on any atom is 0.330 e. The number of aromatic amines is 2. The molecule has 1 saturated heterocycles. The van der Waals surface area contributed by atoms with Crippen molar-refractivity contribution in [3.05, 3.63) is 161 Å². The molecule has 2 amide bonds. The molecule has 1 unspecified atom stereocenters. The largest absolute Gasteiger partial charge is 0.497 e. The van der Waals surface area contributed by atoms with Gasteiger partial charge in [0, 0.05) is 62.5 Å². The lowest BCUT2D eigenvalue weighted by atomic mass is 9.80. The fourth-order valence-corrected chi connectivity index (χ4v) is 10.1. The van der Waals surface area contributed by atoms with Gasteiger partial charge in [-0.1, -0.05) is 68.4 Å². The van der Waals surface area contributed by atoms with Crippen LogP contribution in [0.4, 0.5) is 0 Å². The number of nitriles is 1. The molecule has 384 valence electrons. The van der Waals surface area contributed by atoms with Crippen molar-refractivity contribution < 1.29 is 37.6 Å². The van der Waals surface area contributed by atoms with Crippen LogP contribution in [-0.4, -0.2) is 101 Å². The molecule has 3 heterocycles. The van der Waals surface area contributed by atoms with Crippen LogP contribution in [0.15, 0.2) is 110 Å². The number of nitrogens with one attached hydrogen (secondary N) is 4. The summed E-state index contributed by atoms with van der Waals surface area (Å²) in [6.45, 7) is 6.83. The van der Waals surface area contributed by atoms with Gasteiger partial charge in [-0.05, 0) is 67.1 Å². The second kappa shape index (κ2) is 26.6. The molecule has 0 radical (unpaired) electrons. The van der Waals surface area contributed by atoms with Gasteiger partial charge in [0.1, 0.15) is 36.0 Å². The van der Waals surface area contributed by atoms with Gasteiger partial charge in [-0.25, -0.2) is 14.3 Å². The summed E-state index contributed by atoms with van der Waals surface area (Å²) in [5.74, 6) is 0.391. The number of benzene rings is 3. The van der Waals surface area contributed by atoms with Crippen LogP contribution >= 0.6 is 8.53 Å². The molecular weight excluding hydrogens is 948 g/mol. The number of carbonyl (C=O) groups is 2. The van der Waals surface area contributed by atoms with Crippen LogP contribution in [0.5, 0.6) is 11.5 Å². The fraction of sp³-hybridized carbons (Fsp3) is 0.431. The van der Waals surface area contributed by atoms with Crippen LogP contribution in [0.2, 0.25) is 0 Å². The summed E-state index contributed by atoms with van der Waals surface area (Å²) in [6.07, 6.45) is 1.94. The molecule has 1 fully saturated rings. The molecule has 0 saturated carbocycles. The minimum atomic E-state index is -1.73. The Morgan fingerprint density at radius 1 is 0.833 bits per heavy atom. The van der Waals surface area contributed by atoms with Crippen molar-refractivity contribution in [3.63, 3.8) is 0 Å². The van der Waals surface area contributed by atoms with Crippen molar-refractivity contribution >= 4 is 20.3 Å². The van der Waals surface area contributed by atoms with E-state index in [-0.39, 0.29) is 69.7 Å². The van der Waals surface area contributed by atoms with Crippen LogP contribution in [0.1, 0.15) is 80.0 Å². The molecule has 4 atom stereocenters. The average molecular weight is 1010 g/mol. The predicted octanol–water partition coefficient (Wildman–Crippen LogP) is 4.54. The molecule has 1 aliphatic rings. The predicted molar refractivity (Wildman–Crippen MR) is 269 cm³/mol. The Bertz CT molecular complexity index is 2790. The number of aromatic nitrogens is 4. The van der Waals surface area contributed by atoms with E-state index in [2.05, 4.69) is 45.2 Å². The summed E-state index contributed by atoms with van der Waals surface area (Å²) in [5.41, 5.74) is -1.05. The maximum atomic E-state index is 13.7. The first-order chi connectivity index (χ1) is 34.8. The normalized spacial score (nSPS) is 16.0. The molecule has 21 heteroatoms. The molecule has 72 heavy (non-hydrogen) atoms. The van der Waals surface area contributed by atoms with Gasteiger partial charge in [0.15, 0.2) is 0 Å². The Balaban J connectivity index is 1.26. The van der Waals surface area contributed by atoms with Crippen molar-refractivity contribution in [1.29, 1.82) is 5.26 Å². The summed E-state index contributed by atoms with van der Waals surface area (Å²) in [5, 5.41) is 14.7. The highest BCUT2D eigenvalue weighted by molar-refractivity contribution is 7.44. The Hall–Kier alpha value is -6.72. The zero-order valence-electron chi connectivity index (χ0n) is 41.2. The molecule has 0 spiro atoms. The number of H-pyrrole nitrogens is 2. The number of carbonyl (C=O) groups excluding carboxylic acids is 2.